The molecule has 0 aliphatic rings. The van der Waals surface area contributed by atoms with E-state index in [1.165, 1.54) is 0 Å². The van der Waals surface area contributed by atoms with Crippen molar-refractivity contribution in [2.24, 2.45) is 0 Å². The summed E-state index contributed by atoms with van der Waals surface area (Å²) in [5.41, 5.74) is 2.38. The van der Waals surface area contributed by atoms with E-state index in [1.807, 2.05) is 38.3 Å². The molecule has 0 aromatic carbocycles. The number of aryl methyl sites for hydroxylation is 2. The van der Waals surface area contributed by atoms with Gasteiger partial charge in [-0.05, 0) is 32.4 Å². The van der Waals surface area contributed by atoms with Crippen molar-refractivity contribution < 1.29 is 0 Å². The van der Waals surface area contributed by atoms with Crippen LogP contribution in [0.1, 0.15) is 34.9 Å². The largest absolute Gasteiger partial charge is 0.361 e. The molecule has 0 amide bonds. The molecule has 0 fully saturated rings. The lowest BCUT2D eigenvalue weighted by Crippen LogP contribution is -2.08. The normalized spacial score (nSPS) is 11.9. The van der Waals surface area contributed by atoms with E-state index >= 15 is 0 Å². The Kier molecular flexibility index (Phi) is 3.58. The number of nitrogens with zero attached hydrogens (tertiary/aromatic N) is 3. The average Bonchev–Trinajstić information content (AvgIpc) is 2.78. The Bertz CT molecular complexity index is 597. The number of hydrogen-bond acceptors (Lipinski definition) is 5. The fourth-order valence-electron chi connectivity index (χ4n) is 1.58. The molecule has 5 heteroatoms. The van der Waals surface area contributed by atoms with Gasteiger partial charge in [-0.15, -0.1) is 11.3 Å². The number of aromatic nitrogens is 2. The number of anilines is 1. The summed E-state index contributed by atoms with van der Waals surface area (Å²) < 4.78 is 0. The molecule has 2 rings (SSSR count). The molecule has 0 saturated carbocycles. The van der Waals surface area contributed by atoms with E-state index in [-0.39, 0.29) is 6.04 Å². The van der Waals surface area contributed by atoms with Gasteiger partial charge in [0.2, 0.25) is 0 Å². The maximum Gasteiger partial charge on any atom is 0.145 e. The number of hydrogen-bond donors (Lipinski definition) is 1. The quantitative estimate of drug-likeness (QED) is 0.918. The van der Waals surface area contributed by atoms with Crippen LogP contribution in [0.15, 0.2) is 17.5 Å². The second-order valence-corrected chi connectivity index (χ2v) is 5.06. The minimum atomic E-state index is 0.0884. The van der Waals surface area contributed by atoms with Gasteiger partial charge in [-0.3, -0.25) is 0 Å². The summed E-state index contributed by atoms with van der Waals surface area (Å²) in [6.07, 6.45) is 0. The Morgan fingerprint density at radius 1 is 1.33 bits per heavy atom. The predicted molar refractivity (Wildman–Crippen MR) is 72.6 cm³/mol. The van der Waals surface area contributed by atoms with Crippen molar-refractivity contribution in [2.45, 2.75) is 26.8 Å². The molecule has 0 radical (unpaired) electrons. The van der Waals surface area contributed by atoms with Crippen LogP contribution in [-0.4, -0.2) is 9.97 Å². The maximum atomic E-state index is 8.95. The van der Waals surface area contributed by atoms with Crippen LogP contribution in [0.25, 0.3) is 0 Å². The standard InChI is InChI=1S/C13H14N4S/c1-8-4-5-12(17-11(8)6-14)16-10(3)13-15-9(2)7-18-13/h4-5,7,10H,1-3H3,(H,16,17). The zero-order valence-electron chi connectivity index (χ0n) is 10.6. The molecule has 1 N–H and O–H groups in total. The number of pyridine rings is 1. The van der Waals surface area contributed by atoms with Gasteiger partial charge < -0.3 is 5.32 Å². The SMILES string of the molecule is Cc1csc(C(C)Nc2ccc(C)c(C#N)n2)n1. The molecule has 0 aliphatic carbocycles. The molecule has 0 spiro atoms. The van der Waals surface area contributed by atoms with Crippen LogP contribution in [0.5, 0.6) is 0 Å². The van der Waals surface area contributed by atoms with E-state index in [1.54, 1.807) is 11.3 Å². The van der Waals surface area contributed by atoms with Crippen LogP contribution in [-0.2, 0) is 0 Å². The highest BCUT2D eigenvalue weighted by Gasteiger charge is 2.10. The first-order valence-electron chi connectivity index (χ1n) is 5.66. The third-order valence-electron chi connectivity index (χ3n) is 2.57. The first-order chi connectivity index (χ1) is 8.60. The Balaban J connectivity index is 2.17. The van der Waals surface area contributed by atoms with Gasteiger partial charge in [-0.2, -0.15) is 5.26 Å². The molecule has 0 saturated heterocycles. The number of nitrogens with one attached hydrogen (secondary N) is 1. The van der Waals surface area contributed by atoms with Crippen molar-refractivity contribution in [1.82, 2.24) is 9.97 Å². The monoisotopic (exact) mass is 258 g/mol. The lowest BCUT2D eigenvalue weighted by molar-refractivity contribution is 0.854. The summed E-state index contributed by atoms with van der Waals surface area (Å²) in [4.78, 5) is 8.70. The minimum Gasteiger partial charge on any atom is -0.361 e. The molecule has 4 nitrogen and oxygen atoms in total. The Morgan fingerprint density at radius 2 is 2.11 bits per heavy atom. The van der Waals surface area contributed by atoms with Crippen LogP contribution >= 0.6 is 11.3 Å². The van der Waals surface area contributed by atoms with E-state index in [4.69, 9.17) is 5.26 Å². The van der Waals surface area contributed by atoms with Crippen LogP contribution < -0.4 is 5.32 Å². The summed E-state index contributed by atoms with van der Waals surface area (Å²) in [7, 11) is 0. The van der Waals surface area contributed by atoms with Gasteiger partial charge in [0, 0.05) is 11.1 Å². The van der Waals surface area contributed by atoms with Crippen LogP contribution in [0, 0.1) is 25.2 Å². The molecule has 2 heterocycles. The van der Waals surface area contributed by atoms with Gasteiger partial charge in [-0.25, -0.2) is 9.97 Å². The summed E-state index contributed by atoms with van der Waals surface area (Å²) in [6, 6.07) is 5.96. The zero-order chi connectivity index (χ0) is 13.1. The first-order valence-corrected chi connectivity index (χ1v) is 6.54. The molecular formula is C13H14N4S. The van der Waals surface area contributed by atoms with Crippen molar-refractivity contribution >= 4 is 17.2 Å². The van der Waals surface area contributed by atoms with Crippen LogP contribution in [0.3, 0.4) is 0 Å². The second-order valence-electron chi connectivity index (χ2n) is 4.17. The van der Waals surface area contributed by atoms with Crippen molar-refractivity contribution in [1.29, 1.82) is 5.26 Å². The first kappa shape index (κ1) is 12.5. The maximum absolute atomic E-state index is 8.95. The highest BCUT2D eigenvalue weighted by Crippen LogP contribution is 2.21. The molecule has 0 aliphatic heterocycles. The van der Waals surface area contributed by atoms with Crippen molar-refractivity contribution in [2.75, 3.05) is 5.32 Å². The van der Waals surface area contributed by atoms with Gasteiger partial charge in [0.25, 0.3) is 0 Å². The number of thiazole rings is 1. The van der Waals surface area contributed by atoms with E-state index in [2.05, 4.69) is 21.4 Å². The Labute approximate surface area is 110 Å². The van der Waals surface area contributed by atoms with Crippen molar-refractivity contribution in [3.8, 4) is 6.07 Å². The number of nitriles is 1. The van der Waals surface area contributed by atoms with E-state index in [0.717, 1.165) is 16.3 Å². The van der Waals surface area contributed by atoms with Gasteiger partial charge in [0.1, 0.15) is 22.6 Å². The lowest BCUT2D eigenvalue weighted by Gasteiger charge is -2.12. The van der Waals surface area contributed by atoms with E-state index < -0.39 is 0 Å². The molecule has 18 heavy (non-hydrogen) atoms. The summed E-state index contributed by atoms with van der Waals surface area (Å²) in [6.45, 7) is 5.89. The number of rotatable bonds is 3. The van der Waals surface area contributed by atoms with Gasteiger partial charge in [0.15, 0.2) is 0 Å². The van der Waals surface area contributed by atoms with Gasteiger partial charge in [0.05, 0.1) is 6.04 Å². The van der Waals surface area contributed by atoms with E-state index in [0.29, 0.717) is 11.5 Å². The third kappa shape index (κ3) is 2.66. The summed E-state index contributed by atoms with van der Waals surface area (Å²) in [5, 5.41) is 15.3. The van der Waals surface area contributed by atoms with Crippen molar-refractivity contribution in [3.63, 3.8) is 0 Å². The average molecular weight is 258 g/mol. The Morgan fingerprint density at radius 3 is 2.72 bits per heavy atom. The van der Waals surface area contributed by atoms with Gasteiger partial charge in [-0.1, -0.05) is 6.07 Å². The fraction of sp³-hybridized carbons (Fsp3) is 0.308. The molecular weight excluding hydrogens is 244 g/mol. The highest BCUT2D eigenvalue weighted by molar-refractivity contribution is 7.09. The summed E-state index contributed by atoms with van der Waals surface area (Å²) in [5.74, 6) is 0.706. The van der Waals surface area contributed by atoms with Crippen molar-refractivity contribution in [3.05, 3.63) is 39.5 Å². The zero-order valence-corrected chi connectivity index (χ0v) is 11.4. The minimum absolute atomic E-state index is 0.0884. The second kappa shape index (κ2) is 5.15. The highest BCUT2D eigenvalue weighted by atomic mass is 32.1. The molecule has 1 atom stereocenters. The fourth-order valence-corrected chi connectivity index (χ4v) is 2.38. The van der Waals surface area contributed by atoms with Crippen LogP contribution in [0.2, 0.25) is 0 Å². The molecule has 0 bridgehead atoms. The van der Waals surface area contributed by atoms with Crippen LogP contribution in [0.4, 0.5) is 5.82 Å². The third-order valence-corrected chi connectivity index (χ3v) is 3.72. The van der Waals surface area contributed by atoms with Gasteiger partial charge >= 0.3 is 0 Å². The topological polar surface area (TPSA) is 61.6 Å². The van der Waals surface area contributed by atoms with E-state index in [9.17, 15) is 0 Å². The lowest BCUT2D eigenvalue weighted by atomic mass is 10.2. The molecule has 2 aromatic rings. The molecule has 1 unspecified atom stereocenters. The smallest absolute Gasteiger partial charge is 0.145 e. The molecule has 2 aromatic heterocycles. The summed E-state index contributed by atoms with van der Waals surface area (Å²) >= 11 is 1.62. The molecule has 92 valence electrons. The predicted octanol–water partition coefficient (Wildman–Crippen LogP) is 3.20. The Hall–Kier alpha value is -1.93.